The van der Waals surface area contributed by atoms with Gasteiger partial charge >= 0.3 is 0 Å². The Hall–Kier alpha value is -1.48. The number of hydrogen-bond donors (Lipinski definition) is 0. The summed E-state index contributed by atoms with van der Waals surface area (Å²) in [4.78, 5) is 12.6. The van der Waals surface area contributed by atoms with Crippen LogP contribution < -0.4 is 4.74 Å². The second kappa shape index (κ2) is 8.26. The van der Waals surface area contributed by atoms with Gasteiger partial charge in [0.2, 0.25) is 0 Å². The fourth-order valence-electron chi connectivity index (χ4n) is 2.47. The molecule has 148 valence electrons. The van der Waals surface area contributed by atoms with Gasteiger partial charge in [-0.15, -0.1) is 0 Å². The van der Waals surface area contributed by atoms with Gasteiger partial charge in [-0.2, -0.15) is 5.10 Å². The Bertz CT molecular complexity index is 976. The Kier molecular flexibility index (Phi) is 6.68. The summed E-state index contributed by atoms with van der Waals surface area (Å²) in [5, 5.41) is 4.53. The van der Waals surface area contributed by atoms with Crippen LogP contribution in [0.2, 0.25) is 15.2 Å². The van der Waals surface area contributed by atoms with Crippen molar-refractivity contribution in [2.45, 2.75) is 31.8 Å². The quantitative estimate of drug-likeness (QED) is 0.665. The number of likely N-dealkylation sites (N-methyl/N-ethyl adjacent to an activating group) is 1. The molecule has 1 amide bonds. The molecule has 0 saturated carbocycles. The van der Waals surface area contributed by atoms with Gasteiger partial charge in [-0.25, -0.2) is 12.7 Å². The molecule has 0 N–H and O–H groups in total. The van der Waals surface area contributed by atoms with Crippen molar-refractivity contribution in [1.82, 2.24) is 14.1 Å². The number of aryl methyl sites for hydroxylation is 2. The fraction of sp³-hybridized carbons (Fsp3) is 0.375. The predicted molar refractivity (Wildman–Crippen MR) is 104 cm³/mol. The Balaban J connectivity index is 2.34. The molecule has 1 heterocycles. The molecule has 0 aliphatic rings. The number of carbonyl (C=O) groups is 1. The van der Waals surface area contributed by atoms with Crippen LogP contribution in [0.1, 0.15) is 19.5 Å². The summed E-state index contributed by atoms with van der Waals surface area (Å²) in [7, 11) is -2.70. The second-order valence-electron chi connectivity index (χ2n) is 5.67. The van der Waals surface area contributed by atoms with E-state index >= 15 is 0 Å². The first-order valence-electron chi connectivity index (χ1n) is 7.88. The maximum atomic E-state index is 13.0. The van der Waals surface area contributed by atoms with E-state index in [-0.39, 0.29) is 33.1 Å². The number of sulfonamides is 1. The van der Waals surface area contributed by atoms with Crippen molar-refractivity contribution in [3.63, 3.8) is 0 Å². The van der Waals surface area contributed by atoms with Crippen LogP contribution in [0.3, 0.4) is 0 Å². The van der Waals surface area contributed by atoms with Crippen molar-refractivity contribution in [1.29, 1.82) is 0 Å². The molecule has 0 aliphatic heterocycles. The van der Waals surface area contributed by atoms with E-state index in [9.17, 15) is 13.2 Å². The first-order chi connectivity index (χ1) is 12.5. The van der Waals surface area contributed by atoms with Gasteiger partial charge in [-0.1, -0.05) is 34.8 Å². The maximum absolute atomic E-state index is 13.0. The van der Waals surface area contributed by atoms with E-state index in [4.69, 9.17) is 39.5 Å². The number of nitrogens with zero attached hydrogens (tertiary/aromatic N) is 3. The average Bonchev–Trinajstić information content (AvgIpc) is 2.83. The van der Waals surface area contributed by atoms with Crippen molar-refractivity contribution in [2.24, 2.45) is 7.05 Å². The molecule has 27 heavy (non-hydrogen) atoms. The Morgan fingerprint density at radius 3 is 2.44 bits per heavy atom. The van der Waals surface area contributed by atoms with Gasteiger partial charge in [-0.05, 0) is 39.0 Å². The number of benzene rings is 1. The van der Waals surface area contributed by atoms with E-state index in [1.165, 1.54) is 44.6 Å². The van der Waals surface area contributed by atoms with Crippen LogP contribution in [0.15, 0.2) is 23.1 Å². The summed E-state index contributed by atoms with van der Waals surface area (Å²) in [6.07, 6.45) is -1.12. The molecule has 1 aromatic heterocycles. The molecule has 1 unspecified atom stereocenters. The first kappa shape index (κ1) is 21.8. The zero-order valence-electron chi connectivity index (χ0n) is 15.0. The normalized spacial score (nSPS) is 12.7. The minimum absolute atomic E-state index is 0.0759. The lowest BCUT2D eigenvalue weighted by Gasteiger charge is -2.24. The van der Waals surface area contributed by atoms with E-state index in [1.54, 1.807) is 6.07 Å². The highest BCUT2D eigenvalue weighted by molar-refractivity contribution is 7.89. The zero-order valence-corrected chi connectivity index (χ0v) is 18.1. The molecule has 2 rings (SSSR count). The lowest BCUT2D eigenvalue weighted by atomic mass is 10.3. The van der Waals surface area contributed by atoms with E-state index in [1.807, 2.05) is 0 Å². The van der Waals surface area contributed by atoms with Gasteiger partial charge in [0.1, 0.15) is 15.8 Å². The van der Waals surface area contributed by atoms with Crippen LogP contribution in [0.4, 0.5) is 0 Å². The molecular weight excluding hydrogens is 437 g/mol. The number of hydrogen-bond acceptors (Lipinski definition) is 5. The summed E-state index contributed by atoms with van der Waals surface area (Å²) in [5.74, 6) is -0.547. The minimum Gasteiger partial charge on any atom is -0.479 e. The molecule has 0 radical (unpaired) electrons. The maximum Gasteiger partial charge on any atom is 0.277 e. The largest absolute Gasteiger partial charge is 0.479 e. The molecule has 1 atom stereocenters. The number of aromatic nitrogens is 2. The van der Waals surface area contributed by atoms with Crippen LogP contribution in [-0.4, -0.2) is 41.1 Å². The molecule has 0 bridgehead atoms. The number of amides is 1. The van der Waals surface area contributed by atoms with Gasteiger partial charge in [0.15, 0.2) is 6.10 Å². The van der Waals surface area contributed by atoms with Gasteiger partial charge in [0.25, 0.3) is 15.9 Å². The highest BCUT2D eigenvalue weighted by Gasteiger charge is 2.36. The third-order valence-electron chi connectivity index (χ3n) is 3.73. The number of halogens is 3. The topological polar surface area (TPSA) is 81.5 Å². The molecule has 0 spiro atoms. The molecule has 0 saturated heterocycles. The average molecular weight is 455 g/mol. The summed E-state index contributed by atoms with van der Waals surface area (Å²) in [6.45, 7) is 4.37. The third kappa shape index (κ3) is 4.34. The lowest BCUT2D eigenvalue weighted by molar-refractivity contribution is -0.132. The standard InChI is InChI=1S/C16H18Cl3N3O4S/c1-5-22(27(24,25)14-9(2)20-21(4)15(14)19)16(23)10(3)26-13-7-6-11(17)8-12(13)18/h6-8,10H,5H2,1-4H3. The predicted octanol–water partition coefficient (Wildman–Crippen LogP) is 3.69. The Labute approximate surface area is 172 Å². The highest BCUT2D eigenvalue weighted by Crippen LogP contribution is 2.30. The number of carbonyl (C=O) groups excluding carboxylic acids is 1. The van der Waals surface area contributed by atoms with E-state index in [0.29, 0.717) is 9.33 Å². The third-order valence-corrected chi connectivity index (χ3v) is 6.83. The van der Waals surface area contributed by atoms with Crippen molar-refractivity contribution >= 4 is 50.7 Å². The van der Waals surface area contributed by atoms with Crippen LogP contribution in [-0.2, 0) is 21.9 Å². The van der Waals surface area contributed by atoms with E-state index in [0.717, 1.165) is 0 Å². The smallest absolute Gasteiger partial charge is 0.277 e. The highest BCUT2D eigenvalue weighted by atomic mass is 35.5. The van der Waals surface area contributed by atoms with Gasteiger partial charge in [0, 0.05) is 18.6 Å². The first-order valence-corrected chi connectivity index (χ1v) is 10.5. The van der Waals surface area contributed by atoms with Gasteiger partial charge in [0.05, 0.1) is 10.7 Å². The number of ether oxygens (including phenoxy) is 1. The molecular formula is C16H18Cl3N3O4S. The zero-order chi connectivity index (χ0) is 20.5. The Morgan fingerprint density at radius 1 is 1.33 bits per heavy atom. The summed E-state index contributed by atoms with van der Waals surface area (Å²) >= 11 is 17.9. The monoisotopic (exact) mass is 453 g/mol. The molecule has 2 aromatic rings. The summed E-state index contributed by atoms with van der Waals surface area (Å²) < 4.78 is 33.5. The van der Waals surface area contributed by atoms with Crippen molar-refractivity contribution in [3.05, 3.63) is 39.1 Å². The molecule has 0 fully saturated rings. The van der Waals surface area contributed by atoms with E-state index in [2.05, 4.69) is 5.10 Å². The van der Waals surface area contributed by atoms with Crippen molar-refractivity contribution in [2.75, 3.05) is 6.54 Å². The molecule has 7 nitrogen and oxygen atoms in total. The van der Waals surface area contributed by atoms with Crippen LogP contribution in [0, 0.1) is 6.92 Å². The molecule has 0 aliphatic carbocycles. The molecule has 11 heteroatoms. The van der Waals surface area contributed by atoms with Crippen molar-refractivity contribution < 1.29 is 17.9 Å². The fourth-order valence-corrected chi connectivity index (χ4v) is 5.10. The van der Waals surface area contributed by atoms with Gasteiger partial charge in [-0.3, -0.25) is 9.48 Å². The summed E-state index contributed by atoms with van der Waals surface area (Å²) in [5.41, 5.74) is 0.197. The van der Waals surface area contributed by atoms with Crippen LogP contribution in [0.5, 0.6) is 5.75 Å². The Morgan fingerprint density at radius 2 is 1.96 bits per heavy atom. The second-order valence-corrected chi connectivity index (χ2v) is 8.67. The minimum atomic E-state index is -4.21. The van der Waals surface area contributed by atoms with Crippen LogP contribution >= 0.6 is 34.8 Å². The lowest BCUT2D eigenvalue weighted by Crippen LogP contribution is -2.44. The van der Waals surface area contributed by atoms with Crippen molar-refractivity contribution in [3.8, 4) is 5.75 Å². The van der Waals surface area contributed by atoms with Crippen LogP contribution in [0.25, 0.3) is 0 Å². The van der Waals surface area contributed by atoms with E-state index < -0.39 is 22.0 Å². The SMILES string of the molecule is CCN(C(=O)C(C)Oc1ccc(Cl)cc1Cl)S(=O)(=O)c1c(C)nn(C)c1Cl. The molecule has 1 aromatic carbocycles. The summed E-state index contributed by atoms with van der Waals surface area (Å²) in [6, 6.07) is 4.51. The van der Waals surface area contributed by atoms with Gasteiger partial charge < -0.3 is 4.74 Å². The number of rotatable bonds is 6.